The Bertz CT molecular complexity index is 691. The molecule has 0 saturated heterocycles. The molecule has 0 bridgehead atoms. The smallest absolute Gasteiger partial charge is 0.325 e. The van der Waals surface area contributed by atoms with Gasteiger partial charge in [-0.3, -0.25) is 10.1 Å². The number of halogens is 1. The van der Waals surface area contributed by atoms with Crippen molar-refractivity contribution in [2.45, 2.75) is 19.5 Å². The molecule has 2 rings (SSSR count). The highest BCUT2D eigenvalue weighted by Gasteiger charge is 2.19. The van der Waals surface area contributed by atoms with E-state index in [9.17, 15) is 9.90 Å². The second-order valence-electron chi connectivity index (χ2n) is 5.10. The van der Waals surface area contributed by atoms with Crippen LogP contribution in [0.25, 0.3) is 0 Å². The summed E-state index contributed by atoms with van der Waals surface area (Å²) in [6.07, 6.45) is 0. The van der Waals surface area contributed by atoms with Crippen LogP contribution in [-0.2, 0) is 11.3 Å². The van der Waals surface area contributed by atoms with E-state index in [1.807, 2.05) is 37.3 Å². The van der Waals surface area contributed by atoms with Gasteiger partial charge in [-0.15, -0.1) is 0 Å². The van der Waals surface area contributed by atoms with E-state index in [4.69, 9.17) is 9.47 Å². The van der Waals surface area contributed by atoms with E-state index in [1.165, 1.54) is 0 Å². The fraction of sp³-hybridized carbons (Fsp3) is 0.278. The highest BCUT2D eigenvalue weighted by atomic mass is 79.9. The van der Waals surface area contributed by atoms with E-state index < -0.39 is 12.0 Å². The van der Waals surface area contributed by atoms with Crippen LogP contribution in [0.4, 0.5) is 0 Å². The number of aliphatic carboxylic acids is 1. The number of methoxy groups -OCH3 is 1. The summed E-state index contributed by atoms with van der Waals surface area (Å²) < 4.78 is 11.7. The number of benzene rings is 2. The number of hydrogen-bond acceptors (Lipinski definition) is 4. The summed E-state index contributed by atoms with van der Waals surface area (Å²) in [7, 11) is 1.57. The van der Waals surface area contributed by atoms with Crippen LogP contribution in [0.3, 0.4) is 0 Å². The van der Waals surface area contributed by atoms with Gasteiger partial charge in [-0.2, -0.15) is 0 Å². The molecular weight excluding hydrogens is 374 g/mol. The van der Waals surface area contributed by atoms with Crippen LogP contribution in [0.2, 0.25) is 0 Å². The van der Waals surface area contributed by atoms with E-state index in [0.29, 0.717) is 30.2 Å². The summed E-state index contributed by atoms with van der Waals surface area (Å²) in [5.74, 6) is 0.328. The summed E-state index contributed by atoms with van der Waals surface area (Å²) in [5, 5.41) is 12.5. The van der Waals surface area contributed by atoms with Gasteiger partial charge in [0.1, 0.15) is 6.04 Å². The molecule has 0 unspecified atom stereocenters. The molecule has 0 aliphatic carbocycles. The summed E-state index contributed by atoms with van der Waals surface area (Å²) in [6, 6.07) is 12.0. The van der Waals surface area contributed by atoms with Gasteiger partial charge in [-0.05, 0) is 46.1 Å². The third-order valence-electron chi connectivity index (χ3n) is 3.47. The third-order valence-corrected chi connectivity index (χ3v) is 4.06. The fourth-order valence-corrected chi connectivity index (χ4v) is 2.98. The van der Waals surface area contributed by atoms with Gasteiger partial charge in [0, 0.05) is 6.54 Å². The van der Waals surface area contributed by atoms with Crippen molar-refractivity contribution >= 4 is 21.9 Å². The molecule has 0 amide bonds. The van der Waals surface area contributed by atoms with Crippen molar-refractivity contribution in [3.8, 4) is 11.5 Å². The molecule has 24 heavy (non-hydrogen) atoms. The quantitative estimate of drug-likeness (QED) is 0.714. The number of carboxylic acids is 1. The zero-order chi connectivity index (χ0) is 17.5. The lowest BCUT2D eigenvalue weighted by molar-refractivity contribution is -0.139. The van der Waals surface area contributed by atoms with Crippen LogP contribution >= 0.6 is 15.9 Å². The number of carbonyl (C=O) groups is 1. The Morgan fingerprint density at radius 1 is 1.29 bits per heavy atom. The Labute approximate surface area is 149 Å². The minimum atomic E-state index is -0.918. The molecule has 5 nitrogen and oxygen atoms in total. The second kappa shape index (κ2) is 8.70. The maximum atomic E-state index is 11.5. The lowest BCUT2D eigenvalue weighted by Gasteiger charge is -2.17. The SMILES string of the molecule is CCOc1c(Br)cc(CN[C@H](C(=O)O)c2ccccc2)cc1OC. The molecule has 0 fully saturated rings. The Morgan fingerprint density at radius 3 is 2.58 bits per heavy atom. The summed E-state index contributed by atoms with van der Waals surface area (Å²) in [5.41, 5.74) is 1.60. The van der Waals surface area contributed by atoms with E-state index in [1.54, 1.807) is 19.2 Å². The Kier molecular flexibility index (Phi) is 6.63. The van der Waals surface area contributed by atoms with Gasteiger partial charge in [-0.1, -0.05) is 30.3 Å². The van der Waals surface area contributed by atoms with Gasteiger partial charge >= 0.3 is 5.97 Å². The lowest BCUT2D eigenvalue weighted by atomic mass is 10.1. The van der Waals surface area contributed by atoms with Gasteiger partial charge in [0.25, 0.3) is 0 Å². The maximum Gasteiger partial charge on any atom is 0.325 e. The molecule has 0 saturated carbocycles. The Hall–Kier alpha value is -2.05. The van der Waals surface area contributed by atoms with E-state index in [2.05, 4.69) is 21.2 Å². The number of hydrogen-bond donors (Lipinski definition) is 2. The molecule has 0 aromatic heterocycles. The average Bonchev–Trinajstić information content (AvgIpc) is 2.58. The molecule has 0 radical (unpaired) electrons. The molecule has 2 aromatic carbocycles. The zero-order valence-corrected chi connectivity index (χ0v) is 15.2. The predicted molar refractivity (Wildman–Crippen MR) is 95.5 cm³/mol. The number of carboxylic acid groups (broad SMARTS) is 1. The van der Waals surface area contributed by atoms with Crippen LogP contribution in [0.15, 0.2) is 46.9 Å². The first kappa shape index (κ1) is 18.3. The first-order chi connectivity index (χ1) is 11.6. The van der Waals surface area contributed by atoms with Crippen LogP contribution in [0, 0.1) is 0 Å². The monoisotopic (exact) mass is 393 g/mol. The minimum absolute atomic E-state index is 0.382. The van der Waals surface area contributed by atoms with Gasteiger partial charge in [0.2, 0.25) is 0 Å². The second-order valence-corrected chi connectivity index (χ2v) is 5.96. The van der Waals surface area contributed by atoms with Crippen LogP contribution in [-0.4, -0.2) is 24.8 Å². The van der Waals surface area contributed by atoms with Gasteiger partial charge in [0.05, 0.1) is 18.2 Å². The van der Waals surface area contributed by atoms with Gasteiger partial charge in [0.15, 0.2) is 11.5 Å². The van der Waals surface area contributed by atoms with Crippen molar-refractivity contribution in [2.75, 3.05) is 13.7 Å². The molecule has 0 aliphatic heterocycles. The van der Waals surface area contributed by atoms with E-state index >= 15 is 0 Å². The van der Waals surface area contributed by atoms with Gasteiger partial charge in [-0.25, -0.2) is 0 Å². The van der Waals surface area contributed by atoms with Crippen molar-refractivity contribution < 1.29 is 19.4 Å². The molecule has 2 aromatic rings. The normalized spacial score (nSPS) is 11.8. The summed E-state index contributed by atoms with van der Waals surface area (Å²) in [4.78, 5) is 11.5. The summed E-state index contributed by atoms with van der Waals surface area (Å²) >= 11 is 3.47. The first-order valence-corrected chi connectivity index (χ1v) is 8.36. The Morgan fingerprint density at radius 2 is 2.00 bits per heavy atom. The fourth-order valence-electron chi connectivity index (χ4n) is 2.37. The third kappa shape index (κ3) is 4.49. The molecule has 0 aliphatic rings. The van der Waals surface area contributed by atoms with Crippen molar-refractivity contribution in [1.82, 2.24) is 5.32 Å². The van der Waals surface area contributed by atoms with Crippen molar-refractivity contribution in [2.24, 2.45) is 0 Å². The van der Waals surface area contributed by atoms with Crippen molar-refractivity contribution in [1.29, 1.82) is 0 Å². The minimum Gasteiger partial charge on any atom is -0.493 e. The Balaban J connectivity index is 2.18. The highest BCUT2D eigenvalue weighted by Crippen LogP contribution is 2.36. The molecule has 0 spiro atoms. The highest BCUT2D eigenvalue weighted by molar-refractivity contribution is 9.10. The zero-order valence-electron chi connectivity index (χ0n) is 13.6. The number of nitrogens with one attached hydrogen (secondary N) is 1. The van der Waals surface area contributed by atoms with Crippen LogP contribution in [0.1, 0.15) is 24.1 Å². The summed E-state index contributed by atoms with van der Waals surface area (Å²) in [6.45, 7) is 2.81. The predicted octanol–water partition coefficient (Wildman–Crippen LogP) is 3.77. The van der Waals surface area contributed by atoms with Crippen LogP contribution in [0.5, 0.6) is 11.5 Å². The van der Waals surface area contributed by atoms with Crippen molar-refractivity contribution in [3.05, 3.63) is 58.1 Å². The molecule has 6 heteroatoms. The topological polar surface area (TPSA) is 67.8 Å². The largest absolute Gasteiger partial charge is 0.493 e. The average molecular weight is 394 g/mol. The number of ether oxygens (including phenoxy) is 2. The van der Waals surface area contributed by atoms with E-state index in [-0.39, 0.29) is 0 Å². The molecule has 1 atom stereocenters. The van der Waals surface area contributed by atoms with Crippen LogP contribution < -0.4 is 14.8 Å². The first-order valence-electron chi connectivity index (χ1n) is 7.57. The van der Waals surface area contributed by atoms with Gasteiger partial charge < -0.3 is 14.6 Å². The van der Waals surface area contributed by atoms with Crippen molar-refractivity contribution in [3.63, 3.8) is 0 Å². The standard InChI is InChI=1S/C18H20BrNO4/c1-3-24-17-14(19)9-12(10-15(17)23-2)11-20-16(18(21)22)13-7-5-4-6-8-13/h4-10,16,20H,3,11H2,1-2H3,(H,21,22)/t16-/m0/s1. The molecule has 2 N–H and O–H groups in total. The maximum absolute atomic E-state index is 11.5. The lowest BCUT2D eigenvalue weighted by Crippen LogP contribution is -2.28. The number of rotatable bonds is 8. The molecule has 0 heterocycles. The molecular formula is C18H20BrNO4. The molecule has 128 valence electrons. The van der Waals surface area contributed by atoms with E-state index in [0.717, 1.165) is 10.0 Å².